The van der Waals surface area contributed by atoms with Gasteiger partial charge in [-0.3, -0.25) is 9.69 Å². The molecule has 0 aromatic heterocycles. The van der Waals surface area contributed by atoms with E-state index in [9.17, 15) is 9.18 Å². The van der Waals surface area contributed by atoms with Crippen molar-refractivity contribution in [1.29, 1.82) is 0 Å². The Morgan fingerprint density at radius 3 is 2.74 bits per heavy atom. The molecule has 1 fully saturated rings. The molecule has 2 aromatic carbocycles. The third kappa shape index (κ3) is 2.63. The SMILES string of the molecule is O=C1NC[C@@H]2CN(Cc3ccccc3)C[C@H]2c2cccc(F)c21. The van der Waals surface area contributed by atoms with E-state index in [1.165, 1.54) is 11.6 Å². The summed E-state index contributed by atoms with van der Waals surface area (Å²) in [5.74, 6) is -0.140. The van der Waals surface area contributed by atoms with Gasteiger partial charge in [0.15, 0.2) is 0 Å². The predicted octanol–water partition coefficient (Wildman–Crippen LogP) is 2.78. The smallest absolute Gasteiger partial charge is 0.254 e. The van der Waals surface area contributed by atoms with Crippen LogP contribution in [0.15, 0.2) is 48.5 Å². The fourth-order valence-corrected chi connectivity index (χ4v) is 3.89. The molecule has 3 nitrogen and oxygen atoms in total. The Morgan fingerprint density at radius 2 is 1.91 bits per heavy atom. The molecule has 118 valence electrons. The molecular formula is C19H19FN2O. The van der Waals surface area contributed by atoms with Crippen molar-refractivity contribution in [2.45, 2.75) is 12.5 Å². The molecule has 0 aliphatic carbocycles. The fraction of sp³-hybridized carbons (Fsp3) is 0.316. The summed E-state index contributed by atoms with van der Waals surface area (Å²) in [4.78, 5) is 14.6. The topological polar surface area (TPSA) is 32.3 Å². The summed E-state index contributed by atoms with van der Waals surface area (Å²) in [6.07, 6.45) is 0. The molecular weight excluding hydrogens is 291 g/mol. The number of likely N-dealkylation sites (tertiary alicyclic amines) is 1. The molecule has 2 atom stereocenters. The third-order valence-corrected chi connectivity index (χ3v) is 4.96. The van der Waals surface area contributed by atoms with Crippen LogP contribution in [0.25, 0.3) is 0 Å². The van der Waals surface area contributed by atoms with Gasteiger partial charge in [0.2, 0.25) is 0 Å². The Bertz CT molecular complexity index is 731. The zero-order chi connectivity index (χ0) is 15.8. The second-order valence-corrected chi connectivity index (χ2v) is 6.46. The molecule has 1 amide bonds. The van der Waals surface area contributed by atoms with Crippen molar-refractivity contribution in [3.8, 4) is 0 Å². The lowest BCUT2D eigenvalue weighted by atomic mass is 9.87. The summed E-state index contributed by atoms with van der Waals surface area (Å²) >= 11 is 0. The van der Waals surface area contributed by atoms with E-state index in [-0.39, 0.29) is 17.4 Å². The van der Waals surface area contributed by atoms with E-state index in [0.717, 1.165) is 25.2 Å². The Kier molecular flexibility index (Phi) is 3.62. The van der Waals surface area contributed by atoms with Gasteiger partial charge in [0.1, 0.15) is 5.82 Å². The van der Waals surface area contributed by atoms with E-state index in [0.29, 0.717) is 12.5 Å². The second-order valence-electron chi connectivity index (χ2n) is 6.46. The molecule has 0 spiro atoms. The lowest BCUT2D eigenvalue weighted by Gasteiger charge is -2.17. The molecule has 1 saturated heterocycles. The van der Waals surface area contributed by atoms with Crippen LogP contribution in [0.1, 0.15) is 27.4 Å². The first-order valence-electron chi connectivity index (χ1n) is 8.05. The van der Waals surface area contributed by atoms with Gasteiger partial charge in [-0.1, -0.05) is 42.5 Å². The minimum atomic E-state index is -0.415. The molecule has 0 radical (unpaired) electrons. The average molecular weight is 310 g/mol. The molecule has 2 heterocycles. The van der Waals surface area contributed by atoms with E-state index < -0.39 is 5.82 Å². The maximum absolute atomic E-state index is 14.1. The number of benzene rings is 2. The molecule has 0 bridgehead atoms. The zero-order valence-electron chi connectivity index (χ0n) is 12.8. The predicted molar refractivity (Wildman–Crippen MR) is 86.7 cm³/mol. The molecule has 2 aliphatic rings. The summed E-state index contributed by atoms with van der Waals surface area (Å²) in [7, 11) is 0. The largest absolute Gasteiger partial charge is 0.352 e. The molecule has 4 rings (SSSR count). The van der Waals surface area contributed by atoms with Crippen LogP contribution in [-0.4, -0.2) is 30.4 Å². The first-order valence-corrected chi connectivity index (χ1v) is 8.05. The number of hydrogen-bond donors (Lipinski definition) is 1. The molecule has 1 N–H and O–H groups in total. The van der Waals surface area contributed by atoms with Crippen LogP contribution >= 0.6 is 0 Å². The van der Waals surface area contributed by atoms with Gasteiger partial charge in [-0.2, -0.15) is 0 Å². The quantitative estimate of drug-likeness (QED) is 0.925. The number of nitrogens with one attached hydrogen (secondary N) is 1. The van der Waals surface area contributed by atoms with Gasteiger partial charge in [-0.25, -0.2) is 4.39 Å². The van der Waals surface area contributed by atoms with Gasteiger partial charge >= 0.3 is 0 Å². The fourth-order valence-electron chi connectivity index (χ4n) is 3.89. The van der Waals surface area contributed by atoms with Crippen molar-refractivity contribution in [3.63, 3.8) is 0 Å². The van der Waals surface area contributed by atoms with Crippen LogP contribution in [0.4, 0.5) is 4.39 Å². The highest BCUT2D eigenvalue weighted by molar-refractivity contribution is 5.96. The zero-order valence-corrected chi connectivity index (χ0v) is 12.8. The van der Waals surface area contributed by atoms with E-state index in [1.807, 2.05) is 24.3 Å². The van der Waals surface area contributed by atoms with Gasteiger partial charge < -0.3 is 5.32 Å². The van der Waals surface area contributed by atoms with Crippen molar-refractivity contribution in [1.82, 2.24) is 10.2 Å². The van der Waals surface area contributed by atoms with E-state index in [4.69, 9.17) is 0 Å². The van der Waals surface area contributed by atoms with Crippen molar-refractivity contribution in [2.24, 2.45) is 5.92 Å². The van der Waals surface area contributed by atoms with Crippen molar-refractivity contribution >= 4 is 5.91 Å². The second kappa shape index (κ2) is 5.78. The summed E-state index contributed by atoms with van der Waals surface area (Å²) in [6, 6.07) is 15.4. The number of nitrogens with zero attached hydrogens (tertiary/aromatic N) is 1. The molecule has 2 aliphatic heterocycles. The van der Waals surface area contributed by atoms with E-state index >= 15 is 0 Å². The first-order chi connectivity index (χ1) is 11.2. The summed E-state index contributed by atoms with van der Waals surface area (Å²) in [5, 5.41) is 2.89. The maximum Gasteiger partial charge on any atom is 0.254 e. The third-order valence-electron chi connectivity index (χ3n) is 4.96. The van der Waals surface area contributed by atoms with Crippen LogP contribution in [-0.2, 0) is 6.54 Å². The van der Waals surface area contributed by atoms with Crippen LogP contribution < -0.4 is 5.32 Å². The Morgan fingerprint density at radius 1 is 1.09 bits per heavy atom. The van der Waals surface area contributed by atoms with Crippen LogP contribution in [0.2, 0.25) is 0 Å². The summed E-state index contributed by atoms with van der Waals surface area (Å²) < 4.78 is 14.1. The molecule has 0 saturated carbocycles. The number of fused-ring (bicyclic) bond motifs is 3. The Balaban J connectivity index is 1.62. The Hall–Kier alpha value is -2.20. The first kappa shape index (κ1) is 14.4. The lowest BCUT2D eigenvalue weighted by molar-refractivity contribution is 0.0947. The highest BCUT2D eigenvalue weighted by Gasteiger charge is 2.38. The highest BCUT2D eigenvalue weighted by Crippen LogP contribution is 2.37. The molecule has 0 unspecified atom stereocenters. The normalized spacial score (nSPS) is 23.8. The van der Waals surface area contributed by atoms with E-state index in [1.54, 1.807) is 6.07 Å². The van der Waals surface area contributed by atoms with Gasteiger partial charge in [-0.05, 0) is 23.1 Å². The molecule has 2 aromatic rings. The van der Waals surface area contributed by atoms with Gasteiger partial charge in [0, 0.05) is 32.1 Å². The average Bonchev–Trinajstić information content (AvgIpc) is 2.90. The molecule has 4 heteroatoms. The van der Waals surface area contributed by atoms with Crippen molar-refractivity contribution in [3.05, 3.63) is 71.0 Å². The van der Waals surface area contributed by atoms with Gasteiger partial charge in [0.05, 0.1) is 5.56 Å². The summed E-state index contributed by atoms with van der Waals surface area (Å²) in [5.41, 5.74) is 2.38. The van der Waals surface area contributed by atoms with Crippen LogP contribution in [0.5, 0.6) is 0 Å². The van der Waals surface area contributed by atoms with Gasteiger partial charge in [-0.15, -0.1) is 0 Å². The number of carbonyl (C=O) groups is 1. The highest BCUT2D eigenvalue weighted by atomic mass is 19.1. The minimum Gasteiger partial charge on any atom is -0.352 e. The summed E-state index contributed by atoms with van der Waals surface area (Å²) in [6.45, 7) is 3.30. The molecule has 23 heavy (non-hydrogen) atoms. The minimum absolute atomic E-state index is 0.211. The van der Waals surface area contributed by atoms with Crippen molar-refractivity contribution in [2.75, 3.05) is 19.6 Å². The number of halogens is 1. The standard InChI is InChI=1S/C19H19FN2O/c20-17-8-4-7-15-16-12-22(10-13-5-2-1-3-6-13)11-14(16)9-21-19(23)18(15)17/h1-8,14,16H,9-12H2,(H,21,23)/t14-,16-/m1/s1. The maximum atomic E-state index is 14.1. The van der Waals surface area contributed by atoms with Crippen LogP contribution in [0, 0.1) is 11.7 Å². The van der Waals surface area contributed by atoms with Crippen molar-refractivity contribution < 1.29 is 9.18 Å². The van der Waals surface area contributed by atoms with Crippen LogP contribution in [0.3, 0.4) is 0 Å². The lowest BCUT2D eigenvalue weighted by Crippen LogP contribution is -2.30. The number of carbonyl (C=O) groups excluding carboxylic acids is 1. The number of hydrogen-bond acceptors (Lipinski definition) is 2. The van der Waals surface area contributed by atoms with E-state index in [2.05, 4.69) is 22.3 Å². The number of rotatable bonds is 2. The Labute approximate surface area is 135 Å². The van der Waals surface area contributed by atoms with Gasteiger partial charge in [0.25, 0.3) is 5.91 Å². The monoisotopic (exact) mass is 310 g/mol. The number of amides is 1.